The minimum atomic E-state index is -0.587. The molecular formula is C20H21NO6. The molecule has 142 valence electrons. The summed E-state index contributed by atoms with van der Waals surface area (Å²) in [4.78, 5) is 24.9. The van der Waals surface area contributed by atoms with Crippen LogP contribution in [0, 0.1) is 5.92 Å². The fourth-order valence-corrected chi connectivity index (χ4v) is 2.99. The third-order valence-electron chi connectivity index (χ3n) is 4.44. The van der Waals surface area contributed by atoms with Gasteiger partial charge in [-0.1, -0.05) is 18.2 Å². The maximum Gasteiger partial charge on any atom is 0.340 e. The molecule has 3 rings (SSSR count). The Balaban J connectivity index is 1.86. The maximum atomic E-state index is 12.8. The van der Waals surface area contributed by atoms with Gasteiger partial charge in [0, 0.05) is 12.1 Å². The normalized spacial score (nSPS) is 15.1. The maximum absolute atomic E-state index is 12.8. The van der Waals surface area contributed by atoms with E-state index in [-0.39, 0.29) is 24.0 Å². The summed E-state index contributed by atoms with van der Waals surface area (Å²) in [7, 11) is 4.22. The highest BCUT2D eigenvalue weighted by Gasteiger charge is 2.27. The first kappa shape index (κ1) is 18.6. The first-order chi connectivity index (χ1) is 13.1. The summed E-state index contributed by atoms with van der Waals surface area (Å²) in [6.07, 6.45) is 0.558. The highest BCUT2D eigenvalue weighted by atomic mass is 16.5. The van der Waals surface area contributed by atoms with Gasteiger partial charge >= 0.3 is 5.97 Å². The van der Waals surface area contributed by atoms with Gasteiger partial charge in [0.25, 0.3) is 0 Å². The van der Waals surface area contributed by atoms with Gasteiger partial charge in [-0.3, -0.25) is 4.79 Å². The third-order valence-corrected chi connectivity index (χ3v) is 4.44. The van der Waals surface area contributed by atoms with Gasteiger partial charge in [0.1, 0.15) is 12.4 Å². The van der Waals surface area contributed by atoms with Crippen molar-refractivity contribution in [2.75, 3.05) is 33.3 Å². The van der Waals surface area contributed by atoms with E-state index in [1.165, 1.54) is 27.4 Å². The van der Waals surface area contributed by atoms with E-state index in [4.69, 9.17) is 18.9 Å². The molecule has 1 atom stereocenters. The Labute approximate surface area is 157 Å². The SMILES string of the molecule is COC(=O)c1cc(OC)c(OC)cc1NC(=O)[C@H]1COc2ccccc2C1. The number of esters is 1. The quantitative estimate of drug-likeness (QED) is 0.814. The van der Waals surface area contributed by atoms with Gasteiger partial charge in [-0.2, -0.15) is 0 Å². The summed E-state index contributed by atoms with van der Waals surface area (Å²) in [5.41, 5.74) is 1.45. The molecule has 0 unspecified atom stereocenters. The molecule has 0 radical (unpaired) electrons. The zero-order valence-corrected chi connectivity index (χ0v) is 15.4. The average molecular weight is 371 g/mol. The van der Waals surface area contributed by atoms with Crippen LogP contribution in [0.15, 0.2) is 36.4 Å². The van der Waals surface area contributed by atoms with Crippen molar-refractivity contribution < 1.29 is 28.5 Å². The molecule has 0 saturated carbocycles. The van der Waals surface area contributed by atoms with Crippen molar-refractivity contribution >= 4 is 17.6 Å². The van der Waals surface area contributed by atoms with E-state index in [1.807, 2.05) is 24.3 Å². The monoisotopic (exact) mass is 371 g/mol. The Kier molecular flexibility index (Phi) is 5.49. The number of carbonyl (C=O) groups is 2. The molecule has 0 saturated heterocycles. The second-order valence-corrected chi connectivity index (χ2v) is 6.05. The lowest BCUT2D eigenvalue weighted by Gasteiger charge is -2.25. The fraction of sp³-hybridized carbons (Fsp3) is 0.300. The molecule has 1 aliphatic heterocycles. The minimum absolute atomic E-state index is 0.181. The van der Waals surface area contributed by atoms with Crippen molar-refractivity contribution in [1.82, 2.24) is 0 Å². The molecule has 2 aromatic carbocycles. The van der Waals surface area contributed by atoms with Crippen molar-refractivity contribution in [2.24, 2.45) is 5.92 Å². The standard InChI is InChI=1S/C20H21NO6/c1-24-17-9-14(20(23)26-3)15(10-18(17)25-2)21-19(22)13-8-12-6-4-5-7-16(12)27-11-13/h4-7,9-10,13H,8,11H2,1-3H3,(H,21,22)/t13-/m1/s1. The number of methoxy groups -OCH3 is 3. The number of anilines is 1. The van der Waals surface area contributed by atoms with Crippen LogP contribution in [0.3, 0.4) is 0 Å². The number of para-hydroxylation sites is 1. The summed E-state index contributed by atoms with van der Waals surface area (Å²) in [6, 6.07) is 10.6. The smallest absolute Gasteiger partial charge is 0.340 e. The molecule has 7 nitrogen and oxygen atoms in total. The van der Waals surface area contributed by atoms with Gasteiger partial charge < -0.3 is 24.3 Å². The Morgan fingerprint density at radius 1 is 1.07 bits per heavy atom. The van der Waals surface area contributed by atoms with Crippen LogP contribution in [0.5, 0.6) is 17.2 Å². The van der Waals surface area contributed by atoms with Crippen molar-refractivity contribution in [3.8, 4) is 17.2 Å². The van der Waals surface area contributed by atoms with Gasteiger partial charge in [0.2, 0.25) is 5.91 Å². The van der Waals surface area contributed by atoms with E-state index in [0.29, 0.717) is 23.6 Å². The summed E-state index contributed by atoms with van der Waals surface area (Å²) in [5.74, 6) is 0.344. The van der Waals surface area contributed by atoms with E-state index >= 15 is 0 Å². The number of amides is 1. The van der Waals surface area contributed by atoms with Gasteiger partial charge in [0.05, 0.1) is 38.5 Å². The van der Waals surface area contributed by atoms with Crippen LogP contribution in [-0.4, -0.2) is 39.8 Å². The van der Waals surface area contributed by atoms with E-state index in [9.17, 15) is 9.59 Å². The minimum Gasteiger partial charge on any atom is -0.493 e. The molecular weight excluding hydrogens is 350 g/mol. The Morgan fingerprint density at radius 3 is 2.48 bits per heavy atom. The second kappa shape index (κ2) is 7.99. The van der Waals surface area contributed by atoms with Crippen molar-refractivity contribution in [3.05, 3.63) is 47.5 Å². The van der Waals surface area contributed by atoms with Gasteiger partial charge in [-0.15, -0.1) is 0 Å². The van der Waals surface area contributed by atoms with Crippen LogP contribution in [-0.2, 0) is 16.0 Å². The molecule has 0 aromatic heterocycles. The van der Waals surface area contributed by atoms with E-state index in [1.54, 1.807) is 6.07 Å². The van der Waals surface area contributed by atoms with Crippen molar-refractivity contribution in [2.45, 2.75) is 6.42 Å². The van der Waals surface area contributed by atoms with Crippen LogP contribution >= 0.6 is 0 Å². The van der Waals surface area contributed by atoms with E-state index < -0.39 is 5.97 Å². The number of carbonyl (C=O) groups excluding carboxylic acids is 2. The predicted molar refractivity (Wildman–Crippen MR) is 98.6 cm³/mol. The largest absolute Gasteiger partial charge is 0.493 e. The molecule has 0 fully saturated rings. The van der Waals surface area contributed by atoms with Crippen LogP contribution < -0.4 is 19.5 Å². The highest BCUT2D eigenvalue weighted by Crippen LogP contribution is 2.34. The molecule has 1 amide bonds. The van der Waals surface area contributed by atoms with Gasteiger partial charge in [0.15, 0.2) is 11.5 Å². The summed E-state index contributed by atoms with van der Waals surface area (Å²) >= 11 is 0. The molecule has 7 heteroatoms. The van der Waals surface area contributed by atoms with Crippen LogP contribution in [0.25, 0.3) is 0 Å². The topological polar surface area (TPSA) is 83.1 Å². The van der Waals surface area contributed by atoms with Crippen LogP contribution in [0.4, 0.5) is 5.69 Å². The van der Waals surface area contributed by atoms with Crippen molar-refractivity contribution in [1.29, 1.82) is 0 Å². The molecule has 1 aliphatic rings. The van der Waals surface area contributed by atoms with E-state index in [2.05, 4.69) is 5.32 Å². The Morgan fingerprint density at radius 2 is 1.78 bits per heavy atom. The average Bonchev–Trinajstić information content (AvgIpc) is 2.72. The lowest BCUT2D eigenvalue weighted by Crippen LogP contribution is -2.33. The molecule has 1 N–H and O–H groups in total. The predicted octanol–water partition coefficient (Wildman–Crippen LogP) is 2.68. The zero-order chi connectivity index (χ0) is 19.4. The first-order valence-corrected chi connectivity index (χ1v) is 8.43. The van der Waals surface area contributed by atoms with Gasteiger partial charge in [-0.05, 0) is 18.1 Å². The number of rotatable bonds is 5. The highest BCUT2D eigenvalue weighted by molar-refractivity contribution is 6.03. The molecule has 0 spiro atoms. The third kappa shape index (κ3) is 3.81. The summed E-state index contributed by atoms with van der Waals surface area (Å²) < 4.78 is 21.0. The summed E-state index contributed by atoms with van der Waals surface area (Å²) in [6.45, 7) is 0.268. The number of fused-ring (bicyclic) bond motifs is 1. The molecule has 2 aromatic rings. The molecule has 27 heavy (non-hydrogen) atoms. The number of hydrogen-bond acceptors (Lipinski definition) is 6. The first-order valence-electron chi connectivity index (χ1n) is 8.43. The molecule has 0 bridgehead atoms. The number of ether oxygens (including phenoxy) is 4. The number of hydrogen-bond donors (Lipinski definition) is 1. The van der Waals surface area contributed by atoms with Gasteiger partial charge in [-0.25, -0.2) is 4.79 Å². The number of benzene rings is 2. The summed E-state index contributed by atoms with van der Waals surface area (Å²) in [5, 5.41) is 2.80. The fourth-order valence-electron chi connectivity index (χ4n) is 2.99. The Bertz CT molecular complexity index is 864. The van der Waals surface area contributed by atoms with Crippen LogP contribution in [0.2, 0.25) is 0 Å². The number of nitrogens with one attached hydrogen (secondary N) is 1. The Hall–Kier alpha value is -3.22. The lowest BCUT2D eigenvalue weighted by molar-refractivity contribution is -0.121. The van der Waals surface area contributed by atoms with Crippen molar-refractivity contribution in [3.63, 3.8) is 0 Å². The molecule has 0 aliphatic carbocycles. The van der Waals surface area contributed by atoms with E-state index in [0.717, 1.165) is 11.3 Å². The lowest BCUT2D eigenvalue weighted by atomic mass is 9.96. The van der Waals surface area contributed by atoms with Crippen LogP contribution in [0.1, 0.15) is 15.9 Å². The zero-order valence-electron chi connectivity index (χ0n) is 15.4. The second-order valence-electron chi connectivity index (χ2n) is 6.05. The molecule has 1 heterocycles.